The predicted molar refractivity (Wildman–Crippen MR) is 143 cm³/mol. The minimum Gasteiger partial charge on any atom is -0.255 e. The van der Waals surface area contributed by atoms with Crippen LogP contribution in [-0.2, 0) is 19.9 Å². The number of benzene rings is 2. The SMILES string of the molecule is Cc1cnc2c3ccccc3[n+]3cc(-c4cc(CC(C)C)cc(CC(C)C)c4)n(C)c3c2c1C. The largest absolute Gasteiger partial charge is 0.296 e. The molecule has 34 heavy (non-hydrogen) atoms. The number of pyridine rings is 2. The van der Waals surface area contributed by atoms with Crippen molar-refractivity contribution in [3.63, 3.8) is 0 Å². The second kappa shape index (κ2) is 8.54. The zero-order valence-electron chi connectivity index (χ0n) is 21.6. The molecule has 0 N–H and O–H groups in total. The Morgan fingerprint density at radius 3 is 2.21 bits per heavy atom. The maximum absolute atomic E-state index is 4.91. The highest BCUT2D eigenvalue weighted by atomic mass is 15.1. The molecule has 0 saturated heterocycles. The van der Waals surface area contributed by atoms with Crippen molar-refractivity contribution < 1.29 is 4.40 Å². The van der Waals surface area contributed by atoms with Crippen molar-refractivity contribution in [2.24, 2.45) is 18.9 Å². The normalized spacial score (nSPS) is 12.1. The van der Waals surface area contributed by atoms with E-state index >= 15 is 0 Å². The van der Waals surface area contributed by atoms with E-state index in [1.165, 1.54) is 55.4 Å². The van der Waals surface area contributed by atoms with Gasteiger partial charge in [0, 0.05) is 17.1 Å². The molecule has 3 heterocycles. The molecule has 0 aliphatic heterocycles. The van der Waals surface area contributed by atoms with Gasteiger partial charge in [-0.2, -0.15) is 4.40 Å². The summed E-state index contributed by atoms with van der Waals surface area (Å²) in [7, 11) is 2.21. The summed E-state index contributed by atoms with van der Waals surface area (Å²) in [6.45, 7) is 13.6. The quantitative estimate of drug-likeness (QED) is 0.206. The molecular formula is C31H36N3+. The summed E-state index contributed by atoms with van der Waals surface area (Å²) in [6, 6.07) is 15.9. The van der Waals surface area contributed by atoms with Gasteiger partial charge in [0.25, 0.3) is 5.65 Å². The van der Waals surface area contributed by atoms with E-state index in [1.807, 2.05) is 6.20 Å². The van der Waals surface area contributed by atoms with Crippen molar-refractivity contribution in [2.75, 3.05) is 0 Å². The third-order valence-electron chi connectivity index (χ3n) is 7.03. The van der Waals surface area contributed by atoms with Crippen molar-refractivity contribution in [1.29, 1.82) is 0 Å². The second-order valence-electron chi connectivity index (χ2n) is 10.8. The Bertz CT molecular complexity index is 1510. The van der Waals surface area contributed by atoms with Gasteiger partial charge in [-0.05, 0) is 85.0 Å². The number of imidazole rings is 1. The number of hydrogen-bond acceptors (Lipinski definition) is 1. The maximum Gasteiger partial charge on any atom is 0.296 e. The third kappa shape index (κ3) is 3.77. The lowest BCUT2D eigenvalue weighted by Gasteiger charge is -2.12. The molecule has 0 saturated carbocycles. The van der Waals surface area contributed by atoms with Gasteiger partial charge >= 0.3 is 0 Å². The van der Waals surface area contributed by atoms with E-state index < -0.39 is 0 Å². The van der Waals surface area contributed by atoms with Gasteiger partial charge in [-0.1, -0.05) is 45.9 Å². The topological polar surface area (TPSA) is 21.9 Å². The standard InChI is InChI=1S/C31H36N3/c1-19(2)12-23-14-24(13-20(3)4)16-25(15-23)28-18-34-27-11-9-8-10-26(27)30-29(31(34)33(28)7)22(6)21(5)17-32-30/h8-11,14-20H,12-13H2,1-7H3/q+1. The molecule has 0 fully saturated rings. The molecule has 0 unspecified atom stereocenters. The molecule has 0 aliphatic carbocycles. The predicted octanol–water partition coefficient (Wildman–Crippen LogP) is 7.15. The average molecular weight is 451 g/mol. The Morgan fingerprint density at radius 2 is 1.56 bits per heavy atom. The highest BCUT2D eigenvalue weighted by Gasteiger charge is 2.25. The molecule has 0 bridgehead atoms. The summed E-state index contributed by atoms with van der Waals surface area (Å²) in [6.07, 6.45) is 6.54. The van der Waals surface area contributed by atoms with E-state index in [9.17, 15) is 0 Å². The van der Waals surface area contributed by atoms with Crippen LogP contribution in [0.5, 0.6) is 0 Å². The summed E-state index contributed by atoms with van der Waals surface area (Å²) in [5.41, 5.74) is 11.4. The third-order valence-corrected chi connectivity index (χ3v) is 7.03. The molecule has 5 rings (SSSR count). The molecule has 0 spiro atoms. The van der Waals surface area contributed by atoms with Crippen molar-refractivity contribution in [3.8, 4) is 11.3 Å². The van der Waals surface area contributed by atoms with Gasteiger partial charge in [0.15, 0.2) is 5.69 Å². The first-order valence-electron chi connectivity index (χ1n) is 12.6. The summed E-state index contributed by atoms with van der Waals surface area (Å²) < 4.78 is 4.74. The molecular weight excluding hydrogens is 414 g/mol. The van der Waals surface area contributed by atoms with Gasteiger partial charge < -0.3 is 0 Å². The van der Waals surface area contributed by atoms with Crippen LogP contribution >= 0.6 is 0 Å². The van der Waals surface area contributed by atoms with Gasteiger partial charge in [-0.25, -0.2) is 4.57 Å². The van der Waals surface area contributed by atoms with Crippen LogP contribution in [-0.4, -0.2) is 9.55 Å². The summed E-state index contributed by atoms with van der Waals surface area (Å²) in [5.74, 6) is 1.27. The van der Waals surface area contributed by atoms with Crippen molar-refractivity contribution in [3.05, 3.63) is 77.1 Å². The van der Waals surface area contributed by atoms with Gasteiger partial charge in [-0.3, -0.25) is 4.98 Å². The Morgan fingerprint density at radius 1 is 0.912 bits per heavy atom. The van der Waals surface area contributed by atoms with Crippen LogP contribution in [0.4, 0.5) is 0 Å². The molecule has 174 valence electrons. The summed E-state index contributed by atoms with van der Waals surface area (Å²) in [5, 5.41) is 2.44. The van der Waals surface area contributed by atoms with E-state index in [2.05, 4.69) is 106 Å². The first kappa shape index (κ1) is 22.6. The van der Waals surface area contributed by atoms with E-state index in [-0.39, 0.29) is 0 Å². The Hall–Kier alpha value is -3.20. The van der Waals surface area contributed by atoms with Crippen molar-refractivity contribution >= 4 is 27.5 Å². The van der Waals surface area contributed by atoms with Gasteiger partial charge in [-0.15, -0.1) is 0 Å². The van der Waals surface area contributed by atoms with E-state index in [0.717, 1.165) is 18.4 Å². The fourth-order valence-corrected chi connectivity index (χ4v) is 5.43. The number of hydrogen-bond donors (Lipinski definition) is 0. The minimum atomic E-state index is 0.633. The summed E-state index contributed by atoms with van der Waals surface area (Å²) >= 11 is 0. The fraction of sp³-hybridized carbons (Fsp3) is 0.355. The lowest BCUT2D eigenvalue weighted by Crippen LogP contribution is -2.21. The van der Waals surface area contributed by atoms with Crippen LogP contribution in [0.25, 0.3) is 38.7 Å². The van der Waals surface area contributed by atoms with Crippen LogP contribution < -0.4 is 4.40 Å². The maximum atomic E-state index is 4.91. The van der Waals surface area contributed by atoms with Crippen LogP contribution in [0.2, 0.25) is 0 Å². The average Bonchev–Trinajstić information content (AvgIpc) is 3.12. The smallest absolute Gasteiger partial charge is 0.255 e. The van der Waals surface area contributed by atoms with Gasteiger partial charge in [0.05, 0.1) is 18.0 Å². The highest BCUT2D eigenvalue weighted by molar-refractivity contribution is 6.08. The zero-order valence-corrected chi connectivity index (χ0v) is 21.6. The van der Waals surface area contributed by atoms with Crippen LogP contribution in [0.3, 0.4) is 0 Å². The van der Waals surface area contributed by atoms with Crippen LogP contribution in [0, 0.1) is 25.7 Å². The lowest BCUT2D eigenvalue weighted by atomic mass is 9.94. The van der Waals surface area contributed by atoms with Crippen LogP contribution in [0.15, 0.2) is 54.9 Å². The number of aryl methyl sites for hydroxylation is 3. The molecule has 3 aromatic heterocycles. The monoisotopic (exact) mass is 450 g/mol. The van der Waals surface area contributed by atoms with E-state index in [4.69, 9.17) is 4.98 Å². The number of para-hydroxylation sites is 1. The number of nitrogens with zero attached hydrogens (tertiary/aromatic N) is 3. The Balaban J connectivity index is 1.86. The highest BCUT2D eigenvalue weighted by Crippen LogP contribution is 2.32. The molecule has 0 amide bonds. The minimum absolute atomic E-state index is 0.633. The van der Waals surface area contributed by atoms with Crippen molar-refractivity contribution in [1.82, 2.24) is 9.55 Å². The molecule has 3 heteroatoms. The Kier molecular flexibility index (Phi) is 5.67. The molecule has 0 atom stereocenters. The van der Waals surface area contributed by atoms with E-state index in [1.54, 1.807) is 0 Å². The first-order chi connectivity index (χ1) is 16.2. The number of aromatic nitrogens is 3. The first-order valence-corrected chi connectivity index (χ1v) is 12.6. The molecule has 2 aromatic carbocycles. The van der Waals surface area contributed by atoms with Gasteiger partial charge in [0.2, 0.25) is 0 Å². The van der Waals surface area contributed by atoms with Gasteiger partial charge in [0.1, 0.15) is 11.7 Å². The second-order valence-corrected chi connectivity index (χ2v) is 10.8. The lowest BCUT2D eigenvalue weighted by molar-refractivity contribution is -0.478. The van der Waals surface area contributed by atoms with Crippen molar-refractivity contribution in [2.45, 2.75) is 54.4 Å². The molecule has 3 nitrogen and oxygen atoms in total. The molecule has 5 aromatic rings. The van der Waals surface area contributed by atoms with Crippen LogP contribution in [0.1, 0.15) is 49.9 Å². The zero-order chi connectivity index (χ0) is 24.1. The fourth-order valence-electron chi connectivity index (χ4n) is 5.43. The number of rotatable bonds is 5. The number of fused-ring (bicyclic) bond motifs is 6. The summed E-state index contributed by atoms with van der Waals surface area (Å²) in [4.78, 5) is 4.91. The van der Waals surface area contributed by atoms with E-state index in [0.29, 0.717) is 11.8 Å². The molecule has 0 aliphatic rings. The Labute approximate surface area is 203 Å². The molecule has 0 radical (unpaired) electrons.